The lowest BCUT2D eigenvalue weighted by Gasteiger charge is -2.20. The van der Waals surface area contributed by atoms with E-state index in [0.29, 0.717) is 21.0 Å². The van der Waals surface area contributed by atoms with Crippen LogP contribution in [0.3, 0.4) is 0 Å². The number of benzene rings is 1. The molecule has 1 atom stereocenters. The smallest absolute Gasteiger partial charge is 0.341 e. The van der Waals surface area contributed by atoms with Gasteiger partial charge in [0.05, 0.1) is 17.0 Å². The summed E-state index contributed by atoms with van der Waals surface area (Å²) < 4.78 is 5.32. The van der Waals surface area contributed by atoms with Crippen molar-refractivity contribution < 1.29 is 19.1 Å². The van der Waals surface area contributed by atoms with Gasteiger partial charge in [-0.05, 0) is 49.6 Å². The van der Waals surface area contributed by atoms with Gasteiger partial charge in [-0.25, -0.2) is 4.79 Å². The van der Waals surface area contributed by atoms with Crippen molar-refractivity contribution in [3.63, 3.8) is 0 Å². The maximum atomic E-state index is 13.3. The van der Waals surface area contributed by atoms with Gasteiger partial charge in [0, 0.05) is 10.4 Å². The summed E-state index contributed by atoms with van der Waals surface area (Å²) in [5.41, 5.74) is 1.95. The number of esters is 1. The molecule has 1 aliphatic carbocycles. The zero-order valence-corrected chi connectivity index (χ0v) is 19.3. The molecule has 4 rings (SSSR count). The third-order valence-electron chi connectivity index (χ3n) is 5.27. The molecule has 1 aliphatic rings. The van der Waals surface area contributed by atoms with E-state index in [1.54, 1.807) is 43.3 Å². The number of Topliss-reactive ketones (excluding diaryl/α,β-unsaturated/α-hetero) is 1. The van der Waals surface area contributed by atoms with E-state index in [1.165, 1.54) is 22.7 Å². The van der Waals surface area contributed by atoms with E-state index in [4.69, 9.17) is 4.74 Å². The van der Waals surface area contributed by atoms with Gasteiger partial charge in [0.25, 0.3) is 5.91 Å². The highest BCUT2D eigenvalue weighted by molar-refractivity contribution is 7.16. The molecule has 0 radical (unpaired) electrons. The number of rotatable bonds is 8. The summed E-state index contributed by atoms with van der Waals surface area (Å²) in [5, 5.41) is 8.36. The van der Waals surface area contributed by atoms with Crippen LogP contribution in [0.5, 0.6) is 0 Å². The van der Waals surface area contributed by atoms with Crippen LogP contribution in [0.2, 0.25) is 0 Å². The zero-order chi connectivity index (χ0) is 22.5. The van der Waals surface area contributed by atoms with Gasteiger partial charge in [-0.1, -0.05) is 36.4 Å². The van der Waals surface area contributed by atoms with E-state index in [-0.39, 0.29) is 18.3 Å². The van der Waals surface area contributed by atoms with Gasteiger partial charge in [-0.15, -0.1) is 22.7 Å². The van der Waals surface area contributed by atoms with Crippen molar-refractivity contribution in [2.24, 2.45) is 0 Å². The highest BCUT2D eigenvalue weighted by atomic mass is 32.1. The second-order valence-electron chi connectivity index (χ2n) is 7.39. The van der Waals surface area contributed by atoms with E-state index in [1.807, 2.05) is 11.4 Å². The van der Waals surface area contributed by atoms with Crippen LogP contribution < -0.4 is 10.6 Å². The fourth-order valence-corrected chi connectivity index (χ4v) is 5.70. The van der Waals surface area contributed by atoms with Crippen LogP contribution in [0.1, 0.15) is 60.6 Å². The average Bonchev–Trinajstić information content (AvgIpc) is 3.47. The van der Waals surface area contributed by atoms with E-state index < -0.39 is 12.1 Å². The first kappa shape index (κ1) is 22.2. The molecule has 1 amide bonds. The molecular formula is C24H24N2O4S2. The Morgan fingerprint density at radius 2 is 1.84 bits per heavy atom. The molecule has 32 heavy (non-hydrogen) atoms. The van der Waals surface area contributed by atoms with Gasteiger partial charge in [0.1, 0.15) is 5.00 Å². The van der Waals surface area contributed by atoms with Crippen LogP contribution in [0.15, 0.2) is 47.8 Å². The monoisotopic (exact) mass is 468 g/mol. The summed E-state index contributed by atoms with van der Waals surface area (Å²) in [7, 11) is 0. The first-order valence-corrected chi connectivity index (χ1v) is 12.3. The third kappa shape index (κ3) is 4.76. The summed E-state index contributed by atoms with van der Waals surface area (Å²) in [4.78, 5) is 40.5. The van der Waals surface area contributed by atoms with Crippen molar-refractivity contribution in [3.8, 4) is 0 Å². The van der Waals surface area contributed by atoms with Crippen molar-refractivity contribution in [1.29, 1.82) is 0 Å². The molecule has 0 bridgehead atoms. The number of amides is 1. The summed E-state index contributed by atoms with van der Waals surface area (Å²) in [6.45, 7) is 2.04. The number of ether oxygens (including phenoxy) is 1. The Labute approximate surface area is 194 Å². The molecule has 0 saturated carbocycles. The highest BCUT2D eigenvalue weighted by Gasteiger charge is 2.30. The molecule has 0 fully saturated rings. The molecule has 0 spiro atoms. The molecule has 1 aromatic carbocycles. The minimum atomic E-state index is -1.03. The Morgan fingerprint density at radius 3 is 2.56 bits per heavy atom. The minimum Gasteiger partial charge on any atom is -0.462 e. The lowest BCUT2D eigenvalue weighted by atomic mass is 9.95. The summed E-state index contributed by atoms with van der Waals surface area (Å²) in [6, 6.07) is 12.3. The van der Waals surface area contributed by atoms with E-state index >= 15 is 0 Å². The highest BCUT2D eigenvalue weighted by Crippen LogP contribution is 2.39. The number of thiophene rings is 2. The molecule has 0 saturated heterocycles. The van der Waals surface area contributed by atoms with Crippen molar-refractivity contribution in [2.45, 2.75) is 38.8 Å². The minimum absolute atomic E-state index is 0.268. The number of fused-ring (bicyclic) bond motifs is 1. The molecule has 2 heterocycles. The Kier molecular flexibility index (Phi) is 7.02. The van der Waals surface area contributed by atoms with Crippen LogP contribution in [0.25, 0.3) is 0 Å². The molecular weight excluding hydrogens is 444 g/mol. The Hall–Kier alpha value is -2.97. The second kappa shape index (κ2) is 10.1. The van der Waals surface area contributed by atoms with Crippen molar-refractivity contribution in [2.75, 3.05) is 11.9 Å². The predicted molar refractivity (Wildman–Crippen MR) is 127 cm³/mol. The fourth-order valence-electron chi connectivity index (χ4n) is 3.76. The first-order chi connectivity index (χ1) is 15.6. The lowest BCUT2D eigenvalue weighted by molar-refractivity contribution is 0.0526. The van der Waals surface area contributed by atoms with Gasteiger partial charge in [0.2, 0.25) is 5.78 Å². The van der Waals surface area contributed by atoms with Crippen LogP contribution in [-0.2, 0) is 17.6 Å². The van der Waals surface area contributed by atoms with Gasteiger partial charge in [-0.3, -0.25) is 9.59 Å². The summed E-state index contributed by atoms with van der Waals surface area (Å²) in [5.74, 6) is -1.03. The van der Waals surface area contributed by atoms with Crippen LogP contribution in [0.4, 0.5) is 5.00 Å². The Balaban J connectivity index is 1.69. The topological polar surface area (TPSA) is 84.5 Å². The lowest BCUT2D eigenvalue weighted by Crippen LogP contribution is -2.46. The molecule has 1 unspecified atom stereocenters. The van der Waals surface area contributed by atoms with E-state index in [0.717, 1.165) is 36.1 Å². The number of ketones is 1. The summed E-state index contributed by atoms with van der Waals surface area (Å²) >= 11 is 2.77. The number of hydrogen-bond acceptors (Lipinski definition) is 7. The first-order valence-electron chi connectivity index (χ1n) is 10.6. The number of carbonyl (C=O) groups is 3. The molecule has 2 aromatic heterocycles. The molecule has 8 heteroatoms. The van der Waals surface area contributed by atoms with Crippen molar-refractivity contribution >= 4 is 45.3 Å². The zero-order valence-electron chi connectivity index (χ0n) is 17.7. The van der Waals surface area contributed by atoms with Crippen LogP contribution in [0, 0.1) is 0 Å². The largest absolute Gasteiger partial charge is 0.462 e. The van der Waals surface area contributed by atoms with Crippen LogP contribution >= 0.6 is 22.7 Å². The molecule has 0 aliphatic heterocycles. The SMILES string of the molecule is CCOC(=O)c1c(NC(NC(=O)c2cccs2)C(=O)c2ccccc2)sc2c1CCCC2. The van der Waals surface area contributed by atoms with Gasteiger partial charge in [0.15, 0.2) is 6.17 Å². The normalized spacial score (nSPS) is 13.7. The average molecular weight is 469 g/mol. The molecule has 6 nitrogen and oxygen atoms in total. The standard InChI is InChI=1S/C24H24N2O4S2/c1-2-30-24(29)19-16-11-6-7-12-17(16)32-23(19)26-21(20(27)15-9-4-3-5-10-15)25-22(28)18-13-8-14-31-18/h3-5,8-10,13-14,21,26H,2,6-7,11-12H2,1H3,(H,25,28). The Morgan fingerprint density at radius 1 is 1.06 bits per heavy atom. The summed E-state index contributed by atoms with van der Waals surface area (Å²) in [6.07, 6.45) is 2.75. The predicted octanol–water partition coefficient (Wildman–Crippen LogP) is 4.92. The van der Waals surface area contributed by atoms with Crippen LogP contribution in [-0.4, -0.2) is 30.4 Å². The number of aryl methyl sites for hydroxylation is 1. The van der Waals surface area contributed by atoms with Gasteiger partial charge >= 0.3 is 5.97 Å². The maximum absolute atomic E-state index is 13.3. The molecule has 2 N–H and O–H groups in total. The molecule has 166 valence electrons. The van der Waals surface area contributed by atoms with Crippen molar-refractivity contribution in [1.82, 2.24) is 5.32 Å². The number of carbonyl (C=O) groups excluding carboxylic acids is 3. The van der Waals surface area contributed by atoms with Gasteiger partial charge in [-0.2, -0.15) is 0 Å². The number of nitrogens with one attached hydrogen (secondary N) is 2. The third-order valence-corrected chi connectivity index (χ3v) is 7.36. The second-order valence-corrected chi connectivity index (χ2v) is 9.45. The maximum Gasteiger partial charge on any atom is 0.341 e. The van der Waals surface area contributed by atoms with E-state index in [2.05, 4.69) is 10.6 Å². The number of hydrogen-bond donors (Lipinski definition) is 2. The van der Waals surface area contributed by atoms with Crippen molar-refractivity contribution in [3.05, 3.63) is 74.3 Å². The Bertz CT molecular complexity index is 1110. The van der Waals surface area contributed by atoms with Gasteiger partial charge < -0.3 is 15.4 Å². The molecule has 3 aromatic rings. The number of anilines is 1. The van der Waals surface area contributed by atoms with E-state index in [9.17, 15) is 14.4 Å². The quantitative estimate of drug-likeness (QED) is 0.279. The fraction of sp³-hybridized carbons (Fsp3) is 0.292.